The van der Waals surface area contributed by atoms with Gasteiger partial charge in [0.15, 0.2) is 0 Å². The van der Waals surface area contributed by atoms with E-state index in [1.165, 1.54) is 5.56 Å². The Morgan fingerprint density at radius 2 is 2.09 bits per heavy atom. The number of hydrogen-bond donors (Lipinski definition) is 2. The third-order valence-corrected chi connectivity index (χ3v) is 3.18. The standard InChI is InChI=1S/C15H20N4O.2ClH/c1-12(8-16)15(20)18-9-13-3-2-4-14(7-13)10-19-6-5-17-11-19;;/h2-7,11-12H,8-10,16H2,1H3,(H,18,20);2*1H. The van der Waals surface area contributed by atoms with Gasteiger partial charge in [0.1, 0.15) is 0 Å². The number of aromatic nitrogens is 2. The molecule has 22 heavy (non-hydrogen) atoms. The highest BCUT2D eigenvalue weighted by atomic mass is 35.5. The van der Waals surface area contributed by atoms with E-state index in [-0.39, 0.29) is 36.6 Å². The number of nitrogens with zero attached hydrogens (tertiary/aromatic N) is 2. The highest BCUT2D eigenvalue weighted by Gasteiger charge is 2.09. The highest BCUT2D eigenvalue weighted by Crippen LogP contribution is 2.07. The molecule has 1 aromatic carbocycles. The fourth-order valence-electron chi connectivity index (χ4n) is 1.90. The molecule has 122 valence electrons. The molecule has 0 fully saturated rings. The lowest BCUT2D eigenvalue weighted by atomic mass is 10.1. The van der Waals surface area contributed by atoms with Crippen molar-refractivity contribution in [3.63, 3.8) is 0 Å². The normalized spacial score (nSPS) is 11.0. The van der Waals surface area contributed by atoms with Crippen molar-refractivity contribution in [3.05, 3.63) is 54.1 Å². The van der Waals surface area contributed by atoms with Crippen LogP contribution in [-0.2, 0) is 17.9 Å². The maximum atomic E-state index is 11.7. The summed E-state index contributed by atoms with van der Waals surface area (Å²) in [5.41, 5.74) is 7.74. The largest absolute Gasteiger partial charge is 0.352 e. The van der Waals surface area contributed by atoms with Crippen molar-refractivity contribution in [1.29, 1.82) is 0 Å². The van der Waals surface area contributed by atoms with Crippen molar-refractivity contribution in [2.24, 2.45) is 11.7 Å². The number of amides is 1. The molecule has 0 bridgehead atoms. The molecule has 0 aliphatic heterocycles. The first-order valence-corrected chi connectivity index (χ1v) is 6.70. The van der Waals surface area contributed by atoms with Gasteiger partial charge < -0.3 is 15.6 Å². The number of nitrogens with two attached hydrogens (primary N) is 1. The van der Waals surface area contributed by atoms with Gasteiger partial charge in [-0.15, -0.1) is 24.8 Å². The molecule has 1 unspecified atom stereocenters. The summed E-state index contributed by atoms with van der Waals surface area (Å²) >= 11 is 0. The summed E-state index contributed by atoms with van der Waals surface area (Å²) in [6, 6.07) is 8.16. The van der Waals surface area contributed by atoms with Gasteiger partial charge in [0.2, 0.25) is 5.91 Å². The van der Waals surface area contributed by atoms with Gasteiger partial charge in [0.05, 0.1) is 6.33 Å². The van der Waals surface area contributed by atoms with Crippen molar-refractivity contribution in [1.82, 2.24) is 14.9 Å². The summed E-state index contributed by atoms with van der Waals surface area (Å²) in [4.78, 5) is 15.7. The van der Waals surface area contributed by atoms with Gasteiger partial charge >= 0.3 is 0 Å². The maximum Gasteiger partial charge on any atom is 0.224 e. The number of imidazole rings is 1. The molecule has 7 heteroatoms. The van der Waals surface area contributed by atoms with Crippen LogP contribution in [0.25, 0.3) is 0 Å². The van der Waals surface area contributed by atoms with Crippen LogP contribution in [0.5, 0.6) is 0 Å². The van der Waals surface area contributed by atoms with E-state index in [2.05, 4.69) is 22.4 Å². The topological polar surface area (TPSA) is 72.9 Å². The molecule has 3 N–H and O–H groups in total. The number of benzene rings is 1. The highest BCUT2D eigenvalue weighted by molar-refractivity contribution is 5.85. The first-order valence-electron chi connectivity index (χ1n) is 6.70. The van der Waals surface area contributed by atoms with Crippen LogP contribution in [0.4, 0.5) is 0 Å². The summed E-state index contributed by atoms with van der Waals surface area (Å²) in [6.07, 6.45) is 5.48. The van der Waals surface area contributed by atoms with Crippen LogP contribution in [0.3, 0.4) is 0 Å². The fourth-order valence-corrected chi connectivity index (χ4v) is 1.90. The van der Waals surface area contributed by atoms with Gasteiger partial charge in [0, 0.05) is 37.9 Å². The Kier molecular flexibility index (Phi) is 9.49. The zero-order valence-electron chi connectivity index (χ0n) is 12.4. The number of halogens is 2. The van der Waals surface area contributed by atoms with Gasteiger partial charge in [0.25, 0.3) is 0 Å². The van der Waals surface area contributed by atoms with Gasteiger partial charge in [-0.05, 0) is 11.1 Å². The molecule has 0 aliphatic carbocycles. The minimum atomic E-state index is -0.149. The predicted octanol–water partition coefficient (Wildman–Crippen LogP) is 1.99. The van der Waals surface area contributed by atoms with Crippen molar-refractivity contribution in [3.8, 4) is 0 Å². The Bertz CT molecular complexity index is 560. The first kappa shape index (κ1) is 20.4. The van der Waals surface area contributed by atoms with E-state index in [1.54, 1.807) is 12.5 Å². The molecular weight excluding hydrogens is 323 g/mol. The third-order valence-electron chi connectivity index (χ3n) is 3.18. The number of hydrogen-bond acceptors (Lipinski definition) is 3. The minimum absolute atomic E-state index is 0. The van der Waals surface area contributed by atoms with E-state index >= 15 is 0 Å². The van der Waals surface area contributed by atoms with Gasteiger partial charge in [-0.2, -0.15) is 0 Å². The average Bonchev–Trinajstić information content (AvgIpc) is 2.97. The Hall–Kier alpha value is -1.56. The molecule has 1 heterocycles. The van der Waals surface area contributed by atoms with E-state index in [1.807, 2.05) is 29.8 Å². The zero-order valence-corrected chi connectivity index (χ0v) is 14.1. The minimum Gasteiger partial charge on any atom is -0.352 e. The predicted molar refractivity (Wildman–Crippen MR) is 92.3 cm³/mol. The van der Waals surface area contributed by atoms with E-state index in [4.69, 9.17) is 5.73 Å². The summed E-state index contributed by atoms with van der Waals surface area (Å²) in [7, 11) is 0. The average molecular weight is 345 g/mol. The molecule has 1 amide bonds. The van der Waals surface area contributed by atoms with E-state index in [0.717, 1.165) is 12.1 Å². The van der Waals surface area contributed by atoms with Crippen LogP contribution in [0.15, 0.2) is 43.0 Å². The lowest BCUT2D eigenvalue weighted by Crippen LogP contribution is -2.32. The molecule has 2 aromatic rings. The van der Waals surface area contributed by atoms with Crippen molar-refractivity contribution >= 4 is 30.7 Å². The second-order valence-corrected chi connectivity index (χ2v) is 4.91. The quantitative estimate of drug-likeness (QED) is 0.841. The maximum absolute atomic E-state index is 11.7. The van der Waals surface area contributed by atoms with Gasteiger partial charge in [-0.1, -0.05) is 31.2 Å². The summed E-state index contributed by atoms with van der Waals surface area (Å²) in [5.74, 6) is -0.156. The first-order chi connectivity index (χ1) is 9.69. The molecule has 0 aliphatic rings. The summed E-state index contributed by atoms with van der Waals surface area (Å²) < 4.78 is 2.01. The second-order valence-electron chi connectivity index (χ2n) is 4.91. The Balaban J connectivity index is 0.00000220. The van der Waals surface area contributed by atoms with Gasteiger partial charge in [-0.3, -0.25) is 4.79 Å². The molecular formula is C15H22Cl2N4O. The smallest absolute Gasteiger partial charge is 0.224 e. The van der Waals surface area contributed by atoms with Crippen molar-refractivity contribution < 1.29 is 4.79 Å². The number of carbonyl (C=O) groups is 1. The third kappa shape index (κ3) is 6.05. The van der Waals surface area contributed by atoms with Crippen LogP contribution < -0.4 is 11.1 Å². The lowest BCUT2D eigenvalue weighted by Gasteiger charge is -2.11. The monoisotopic (exact) mass is 344 g/mol. The number of nitrogens with one attached hydrogen (secondary N) is 1. The van der Waals surface area contributed by atoms with Crippen LogP contribution in [0, 0.1) is 5.92 Å². The van der Waals surface area contributed by atoms with Gasteiger partial charge in [-0.25, -0.2) is 4.98 Å². The fraction of sp³-hybridized carbons (Fsp3) is 0.333. The van der Waals surface area contributed by atoms with Crippen LogP contribution in [0.2, 0.25) is 0 Å². The molecule has 1 aromatic heterocycles. The molecule has 1 atom stereocenters. The van der Waals surface area contributed by atoms with E-state index < -0.39 is 0 Å². The molecule has 5 nitrogen and oxygen atoms in total. The Morgan fingerprint density at radius 3 is 2.73 bits per heavy atom. The molecule has 0 saturated carbocycles. The van der Waals surface area contributed by atoms with Crippen molar-refractivity contribution in [2.75, 3.05) is 6.54 Å². The summed E-state index contributed by atoms with van der Waals surface area (Å²) in [6.45, 7) is 3.50. The van der Waals surface area contributed by atoms with E-state index in [0.29, 0.717) is 13.1 Å². The second kappa shape index (κ2) is 10.2. The SMILES string of the molecule is CC(CN)C(=O)NCc1cccc(Cn2ccnc2)c1.Cl.Cl. The molecule has 0 saturated heterocycles. The molecule has 0 spiro atoms. The molecule has 2 rings (SSSR count). The van der Waals surface area contributed by atoms with Crippen LogP contribution >= 0.6 is 24.8 Å². The zero-order chi connectivity index (χ0) is 14.4. The number of rotatable bonds is 6. The Morgan fingerprint density at radius 1 is 1.36 bits per heavy atom. The van der Waals surface area contributed by atoms with Crippen molar-refractivity contribution in [2.45, 2.75) is 20.0 Å². The molecule has 0 radical (unpaired) electrons. The van der Waals surface area contributed by atoms with Crippen LogP contribution in [-0.4, -0.2) is 22.0 Å². The Labute approximate surface area is 143 Å². The lowest BCUT2D eigenvalue weighted by molar-refractivity contribution is -0.124. The number of carbonyl (C=O) groups excluding carboxylic acids is 1. The van der Waals surface area contributed by atoms with E-state index in [9.17, 15) is 4.79 Å². The van der Waals surface area contributed by atoms with Crippen LogP contribution in [0.1, 0.15) is 18.1 Å². The summed E-state index contributed by atoms with van der Waals surface area (Å²) in [5, 5.41) is 2.90.